The maximum absolute atomic E-state index is 13.1. The molecule has 0 bridgehead atoms. The average molecular weight is 681 g/mol. The summed E-state index contributed by atoms with van der Waals surface area (Å²) in [6.45, 7) is 21.3. The Morgan fingerprint density at radius 1 is 0.620 bits per heavy atom. The van der Waals surface area contributed by atoms with E-state index in [1.165, 1.54) is 0 Å². The minimum Gasteiger partial charge on any atom is -0.444 e. The largest absolute Gasteiger partial charge is 0.444 e. The number of imidazole rings is 2. The van der Waals surface area contributed by atoms with Crippen LogP contribution in [0.15, 0.2) is 60.9 Å². The van der Waals surface area contributed by atoms with Crippen LogP contribution in [0.1, 0.15) is 106 Å². The normalized spacial score (nSPS) is 20.3. The molecule has 2 fully saturated rings. The van der Waals surface area contributed by atoms with Crippen LogP contribution in [-0.2, 0) is 9.47 Å². The molecule has 4 heterocycles. The minimum atomic E-state index is -0.563. The van der Waals surface area contributed by atoms with Crippen molar-refractivity contribution < 1.29 is 19.1 Å². The van der Waals surface area contributed by atoms with E-state index in [0.717, 1.165) is 58.1 Å². The summed E-state index contributed by atoms with van der Waals surface area (Å²) in [5, 5.41) is 0. The van der Waals surface area contributed by atoms with E-state index in [4.69, 9.17) is 19.4 Å². The van der Waals surface area contributed by atoms with Gasteiger partial charge in [-0.1, -0.05) is 76.2 Å². The average Bonchev–Trinajstić information content (AvgIpc) is 3.80. The van der Waals surface area contributed by atoms with Crippen molar-refractivity contribution >= 4 is 12.2 Å². The van der Waals surface area contributed by atoms with Crippen LogP contribution in [0, 0.1) is 10.8 Å². The fourth-order valence-corrected chi connectivity index (χ4v) is 7.19. The van der Waals surface area contributed by atoms with Crippen molar-refractivity contribution in [2.45, 2.75) is 105 Å². The van der Waals surface area contributed by atoms with E-state index in [-0.39, 0.29) is 35.1 Å². The van der Waals surface area contributed by atoms with E-state index < -0.39 is 11.2 Å². The zero-order valence-corrected chi connectivity index (χ0v) is 31.2. The van der Waals surface area contributed by atoms with Crippen molar-refractivity contribution in [3.63, 3.8) is 0 Å². The lowest BCUT2D eigenvalue weighted by Gasteiger charge is -2.32. The van der Waals surface area contributed by atoms with Crippen molar-refractivity contribution in [2.24, 2.45) is 10.8 Å². The summed E-state index contributed by atoms with van der Waals surface area (Å²) in [5.41, 5.74) is 4.62. The predicted molar refractivity (Wildman–Crippen MR) is 195 cm³/mol. The van der Waals surface area contributed by atoms with Gasteiger partial charge in [0.15, 0.2) is 0 Å². The molecule has 266 valence electrons. The molecular formula is C40H52N6O4. The van der Waals surface area contributed by atoms with Gasteiger partial charge >= 0.3 is 12.2 Å². The first-order valence-electron chi connectivity index (χ1n) is 17.6. The van der Waals surface area contributed by atoms with Gasteiger partial charge in [0, 0.05) is 13.1 Å². The summed E-state index contributed by atoms with van der Waals surface area (Å²) >= 11 is 0. The predicted octanol–water partition coefficient (Wildman–Crippen LogP) is 9.55. The number of hydrogen-bond acceptors (Lipinski definition) is 6. The Balaban J connectivity index is 1.16. The molecule has 2 aliphatic heterocycles. The van der Waals surface area contributed by atoms with Crippen molar-refractivity contribution in [3.8, 4) is 33.6 Å². The first-order valence-corrected chi connectivity index (χ1v) is 17.6. The number of nitrogens with one attached hydrogen (secondary N) is 2. The number of amides is 2. The molecule has 2 amide bonds. The minimum absolute atomic E-state index is 0.146. The summed E-state index contributed by atoms with van der Waals surface area (Å²) in [7, 11) is 0. The third-order valence-corrected chi connectivity index (χ3v) is 9.79. The number of H-pyrrole nitrogens is 2. The number of carbonyl (C=O) groups is 2. The molecule has 0 aliphatic carbocycles. The molecule has 2 aromatic heterocycles. The van der Waals surface area contributed by atoms with Gasteiger partial charge in [-0.2, -0.15) is 0 Å². The Morgan fingerprint density at radius 3 is 1.26 bits per heavy atom. The van der Waals surface area contributed by atoms with Gasteiger partial charge in [-0.05, 0) is 87.5 Å². The van der Waals surface area contributed by atoms with Crippen LogP contribution in [0.25, 0.3) is 33.6 Å². The molecule has 6 rings (SSSR count). The molecule has 2 aromatic carbocycles. The quantitative estimate of drug-likeness (QED) is 0.217. The summed E-state index contributed by atoms with van der Waals surface area (Å²) < 4.78 is 11.4. The lowest BCUT2D eigenvalue weighted by Crippen LogP contribution is -2.38. The lowest BCUT2D eigenvalue weighted by molar-refractivity contribution is 0.0158. The van der Waals surface area contributed by atoms with E-state index in [1.807, 2.05) is 53.9 Å². The Labute approximate surface area is 296 Å². The van der Waals surface area contributed by atoms with Crippen LogP contribution in [0.2, 0.25) is 0 Å². The second kappa shape index (κ2) is 12.6. The summed E-state index contributed by atoms with van der Waals surface area (Å²) in [6, 6.07) is 16.4. The lowest BCUT2D eigenvalue weighted by atomic mass is 9.84. The fraction of sp³-hybridized carbons (Fsp3) is 0.500. The second-order valence-corrected chi connectivity index (χ2v) is 17.1. The third kappa shape index (κ3) is 7.30. The van der Waals surface area contributed by atoms with E-state index >= 15 is 0 Å². The number of nitrogens with zero attached hydrogens (tertiary/aromatic N) is 4. The van der Waals surface area contributed by atoms with Crippen LogP contribution in [-0.4, -0.2) is 66.2 Å². The first-order chi connectivity index (χ1) is 23.3. The number of carbonyl (C=O) groups excluding carboxylic acids is 2. The summed E-state index contributed by atoms with van der Waals surface area (Å²) in [5.74, 6) is 1.54. The topological polar surface area (TPSA) is 116 Å². The maximum atomic E-state index is 13.1. The number of aromatic amines is 2. The fourth-order valence-electron chi connectivity index (χ4n) is 7.19. The molecule has 2 N–H and O–H groups in total. The molecule has 10 heteroatoms. The molecule has 2 aliphatic rings. The van der Waals surface area contributed by atoms with Gasteiger partial charge in [0.1, 0.15) is 22.9 Å². The molecule has 0 saturated carbocycles. The summed E-state index contributed by atoms with van der Waals surface area (Å²) in [4.78, 5) is 46.3. The van der Waals surface area contributed by atoms with Gasteiger partial charge in [0.25, 0.3) is 0 Å². The number of benzene rings is 2. The number of ether oxygens (including phenoxy) is 2. The molecular weight excluding hydrogens is 628 g/mol. The van der Waals surface area contributed by atoms with Gasteiger partial charge < -0.3 is 19.4 Å². The highest BCUT2D eigenvalue weighted by Crippen LogP contribution is 2.48. The molecule has 2 saturated heterocycles. The number of likely N-dealkylation sites (tertiary alicyclic amines) is 2. The third-order valence-electron chi connectivity index (χ3n) is 9.79. The SMILES string of the molecule is CC(C)(C)OC(=O)N1CCC(C)(C)C1c1ncc(-c2ccc(-c3ccc(-c4cnc(C5N(C(=O)OC(C)(C)C)CCC5(C)C)[nH]4)cc3)cc2)[nH]1. The smallest absolute Gasteiger partial charge is 0.410 e. The zero-order valence-electron chi connectivity index (χ0n) is 31.2. The molecule has 4 aromatic rings. The van der Waals surface area contributed by atoms with Crippen LogP contribution >= 0.6 is 0 Å². The van der Waals surface area contributed by atoms with E-state index in [9.17, 15) is 9.59 Å². The van der Waals surface area contributed by atoms with E-state index in [0.29, 0.717) is 13.1 Å². The maximum Gasteiger partial charge on any atom is 0.410 e. The van der Waals surface area contributed by atoms with Crippen LogP contribution in [0.3, 0.4) is 0 Å². The molecule has 2 atom stereocenters. The highest BCUT2D eigenvalue weighted by atomic mass is 16.6. The first kappa shape index (κ1) is 35.2. The van der Waals surface area contributed by atoms with Crippen LogP contribution in [0.4, 0.5) is 9.59 Å². The Morgan fingerprint density at radius 2 is 0.940 bits per heavy atom. The van der Waals surface area contributed by atoms with Crippen molar-refractivity contribution in [1.82, 2.24) is 29.7 Å². The van der Waals surface area contributed by atoms with Crippen LogP contribution in [0.5, 0.6) is 0 Å². The Kier molecular flexibility index (Phi) is 8.89. The van der Waals surface area contributed by atoms with E-state index in [2.05, 4.69) is 86.2 Å². The molecule has 50 heavy (non-hydrogen) atoms. The number of aromatic nitrogens is 4. The van der Waals surface area contributed by atoms with Gasteiger partial charge in [-0.15, -0.1) is 0 Å². The van der Waals surface area contributed by atoms with Crippen molar-refractivity contribution in [1.29, 1.82) is 0 Å². The van der Waals surface area contributed by atoms with Gasteiger partial charge in [-0.3, -0.25) is 9.80 Å². The number of hydrogen-bond donors (Lipinski definition) is 2. The Hall–Kier alpha value is -4.60. The highest BCUT2D eigenvalue weighted by Gasteiger charge is 2.48. The summed E-state index contributed by atoms with van der Waals surface area (Å²) in [6.07, 6.45) is 4.81. The van der Waals surface area contributed by atoms with Crippen molar-refractivity contribution in [2.75, 3.05) is 13.1 Å². The van der Waals surface area contributed by atoms with Gasteiger partial charge in [0.2, 0.25) is 0 Å². The zero-order chi connectivity index (χ0) is 36.2. The van der Waals surface area contributed by atoms with Crippen molar-refractivity contribution in [3.05, 3.63) is 72.6 Å². The van der Waals surface area contributed by atoms with Gasteiger partial charge in [-0.25, -0.2) is 19.6 Å². The molecule has 10 nitrogen and oxygen atoms in total. The van der Waals surface area contributed by atoms with E-state index in [1.54, 1.807) is 9.80 Å². The Bertz CT molecular complexity index is 1700. The van der Waals surface area contributed by atoms with Crippen LogP contribution < -0.4 is 0 Å². The standard InChI is InChI=1S/C40H52N6O4/c1-37(2,3)49-35(47)45-21-19-39(7,8)31(45)33-41-23-29(43-33)27-15-11-25(12-16-27)26-13-17-28(18-14-26)30-24-42-34(44-30)32-40(9,10)20-22-46(32)36(48)50-38(4,5)6/h11-18,23-24,31-32H,19-22H2,1-10H3,(H,41,43)(H,42,44). The second-order valence-electron chi connectivity index (χ2n) is 17.1. The molecule has 0 radical (unpaired) electrons. The molecule has 2 unspecified atom stereocenters. The number of rotatable bonds is 5. The molecule has 0 spiro atoms. The monoisotopic (exact) mass is 680 g/mol. The van der Waals surface area contributed by atoms with Gasteiger partial charge in [0.05, 0.1) is 35.9 Å². The highest BCUT2D eigenvalue weighted by molar-refractivity contribution is 5.72.